The van der Waals surface area contributed by atoms with Crippen molar-refractivity contribution in [3.05, 3.63) is 65.7 Å². The van der Waals surface area contributed by atoms with Crippen LogP contribution in [0, 0.1) is 0 Å². The summed E-state index contributed by atoms with van der Waals surface area (Å²) in [5, 5.41) is 14.4. The van der Waals surface area contributed by atoms with Gasteiger partial charge in [-0.05, 0) is 30.2 Å². The Balaban J connectivity index is 1.99. The molecule has 27 heavy (non-hydrogen) atoms. The summed E-state index contributed by atoms with van der Waals surface area (Å²) in [5.74, 6) is -0.583. The van der Waals surface area contributed by atoms with Crippen LogP contribution in [0.25, 0.3) is 0 Å². The van der Waals surface area contributed by atoms with Gasteiger partial charge < -0.3 is 20.5 Å². The molecule has 2 amide bonds. The topological polar surface area (TPSA) is 105 Å². The maximum Gasteiger partial charge on any atom is 0.408 e. The van der Waals surface area contributed by atoms with Crippen LogP contribution in [0.15, 0.2) is 54.6 Å². The molecule has 7 heteroatoms. The van der Waals surface area contributed by atoms with E-state index in [-0.39, 0.29) is 31.1 Å². The number of Topliss-reactive ketones (excluding diaryl/α,β-unsaturated/α-hetero) is 1. The highest BCUT2D eigenvalue weighted by molar-refractivity contribution is 5.89. The van der Waals surface area contributed by atoms with E-state index in [1.165, 1.54) is 19.1 Å². The maximum absolute atomic E-state index is 12.3. The SMILES string of the molecule is CC(=O)CNC(=O)[C@H](Cc1ccc(O)cc1)NC(=O)OCc1ccccc1. The van der Waals surface area contributed by atoms with Crippen LogP contribution >= 0.6 is 0 Å². The molecule has 0 aliphatic heterocycles. The number of carbonyl (C=O) groups excluding carboxylic acids is 3. The smallest absolute Gasteiger partial charge is 0.408 e. The van der Waals surface area contributed by atoms with Crippen molar-refractivity contribution in [2.45, 2.75) is 26.0 Å². The predicted octanol–water partition coefficient (Wildman–Crippen LogP) is 1.93. The molecule has 0 unspecified atom stereocenters. The summed E-state index contributed by atoms with van der Waals surface area (Å²) in [6, 6.07) is 14.5. The molecule has 0 aliphatic carbocycles. The fourth-order valence-electron chi connectivity index (χ4n) is 2.32. The summed E-state index contributed by atoms with van der Waals surface area (Å²) in [4.78, 5) is 35.5. The van der Waals surface area contributed by atoms with Crippen molar-refractivity contribution in [3.8, 4) is 5.75 Å². The number of hydrogen-bond donors (Lipinski definition) is 3. The number of ether oxygens (including phenoxy) is 1. The van der Waals surface area contributed by atoms with Crippen molar-refractivity contribution in [1.82, 2.24) is 10.6 Å². The van der Waals surface area contributed by atoms with Gasteiger partial charge >= 0.3 is 6.09 Å². The lowest BCUT2D eigenvalue weighted by atomic mass is 10.1. The number of carbonyl (C=O) groups is 3. The number of hydrogen-bond acceptors (Lipinski definition) is 5. The zero-order valence-corrected chi connectivity index (χ0v) is 15.0. The number of alkyl carbamates (subject to hydrolysis) is 1. The zero-order valence-electron chi connectivity index (χ0n) is 15.0. The van der Waals surface area contributed by atoms with E-state index in [1.54, 1.807) is 12.1 Å². The van der Waals surface area contributed by atoms with Gasteiger partial charge in [-0.2, -0.15) is 0 Å². The number of aromatic hydroxyl groups is 1. The van der Waals surface area contributed by atoms with Gasteiger partial charge in [0.15, 0.2) is 0 Å². The van der Waals surface area contributed by atoms with Gasteiger partial charge in [0.05, 0.1) is 6.54 Å². The average Bonchev–Trinajstić information content (AvgIpc) is 2.66. The number of amides is 2. The molecule has 142 valence electrons. The van der Waals surface area contributed by atoms with Crippen molar-refractivity contribution in [2.75, 3.05) is 6.54 Å². The maximum atomic E-state index is 12.3. The van der Waals surface area contributed by atoms with Crippen LogP contribution in [0.2, 0.25) is 0 Å². The molecule has 0 saturated heterocycles. The summed E-state index contributed by atoms with van der Waals surface area (Å²) in [7, 11) is 0. The van der Waals surface area contributed by atoms with E-state index in [2.05, 4.69) is 10.6 Å². The molecule has 7 nitrogen and oxygen atoms in total. The number of rotatable bonds is 8. The summed E-state index contributed by atoms with van der Waals surface area (Å²) in [6.45, 7) is 1.32. The fourth-order valence-corrected chi connectivity index (χ4v) is 2.32. The molecule has 0 aliphatic rings. The number of nitrogens with one attached hydrogen (secondary N) is 2. The minimum Gasteiger partial charge on any atom is -0.508 e. The highest BCUT2D eigenvalue weighted by Gasteiger charge is 2.22. The van der Waals surface area contributed by atoms with Gasteiger partial charge in [-0.15, -0.1) is 0 Å². The van der Waals surface area contributed by atoms with Gasteiger partial charge in [-0.1, -0.05) is 42.5 Å². The van der Waals surface area contributed by atoms with Crippen LogP contribution < -0.4 is 10.6 Å². The first-order valence-corrected chi connectivity index (χ1v) is 8.46. The van der Waals surface area contributed by atoms with Gasteiger partial charge in [0.1, 0.15) is 24.2 Å². The Kier molecular flexibility index (Phi) is 7.37. The Bertz CT molecular complexity index is 775. The van der Waals surface area contributed by atoms with E-state index in [4.69, 9.17) is 4.74 Å². The zero-order chi connectivity index (χ0) is 19.6. The minimum absolute atomic E-state index is 0.0771. The van der Waals surface area contributed by atoms with E-state index in [9.17, 15) is 19.5 Å². The van der Waals surface area contributed by atoms with Gasteiger partial charge in [0.25, 0.3) is 0 Å². The lowest BCUT2D eigenvalue weighted by Crippen LogP contribution is -2.49. The highest BCUT2D eigenvalue weighted by atomic mass is 16.5. The lowest BCUT2D eigenvalue weighted by molar-refractivity contribution is -0.125. The van der Waals surface area contributed by atoms with Gasteiger partial charge in [0, 0.05) is 6.42 Å². The first kappa shape index (κ1) is 20.0. The Morgan fingerprint density at radius 2 is 1.67 bits per heavy atom. The van der Waals surface area contributed by atoms with Gasteiger partial charge in [-0.25, -0.2) is 4.79 Å². The van der Waals surface area contributed by atoms with Gasteiger partial charge in [0.2, 0.25) is 5.91 Å². The number of ketones is 1. The van der Waals surface area contributed by atoms with E-state index in [0.717, 1.165) is 11.1 Å². The Hall–Kier alpha value is -3.35. The summed E-state index contributed by atoms with van der Waals surface area (Å²) in [6.07, 6.45) is -0.551. The fraction of sp³-hybridized carbons (Fsp3) is 0.250. The summed E-state index contributed by atoms with van der Waals surface area (Å²) >= 11 is 0. The molecule has 0 radical (unpaired) electrons. The Morgan fingerprint density at radius 1 is 1.00 bits per heavy atom. The molecule has 0 saturated carbocycles. The Morgan fingerprint density at radius 3 is 2.30 bits per heavy atom. The molecule has 2 rings (SSSR count). The average molecular weight is 370 g/mol. The molecule has 2 aromatic carbocycles. The minimum atomic E-state index is -0.919. The highest BCUT2D eigenvalue weighted by Crippen LogP contribution is 2.11. The summed E-state index contributed by atoms with van der Waals surface area (Å²) < 4.78 is 5.15. The largest absolute Gasteiger partial charge is 0.508 e. The van der Waals surface area contributed by atoms with Crippen LogP contribution in [0.3, 0.4) is 0 Å². The standard InChI is InChI=1S/C20H22N2O5/c1-14(23)12-21-19(25)18(11-15-7-9-17(24)10-8-15)22-20(26)27-13-16-5-3-2-4-6-16/h2-10,18,24H,11-13H2,1H3,(H,21,25)(H,22,26)/t18-/m0/s1. The normalized spacial score (nSPS) is 11.3. The first-order valence-electron chi connectivity index (χ1n) is 8.46. The van der Waals surface area contributed by atoms with Crippen LogP contribution in [0.1, 0.15) is 18.1 Å². The monoisotopic (exact) mass is 370 g/mol. The lowest BCUT2D eigenvalue weighted by Gasteiger charge is -2.18. The third-order valence-electron chi connectivity index (χ3n) is 3.71. The molecule has 0 spiro atoms. The predicted molar refractivity (Wildman–Crippen MR) is 99.1 cm³/mol. The molecular formula is C20H22N2O5. The van der Waals surface area contributed by atoms with Crippen LogP contribution in [0.4, 0.5) is 4.79 Å². The second-order valence-corrected chi connectivity index (χ2v) is 6.05. The van der Waals surface area contributed by atoms with Crippen molar-refractivity contribution in [1.29, 1.82) is 0 Å². The van der Waals surface area contributed by atoms with E-state index in [0.29, 0.717) is 0 Å². The molecule has 2 aromatic rings. The van der Waals surface area contributed by atoms with E-state index >= 15 is 0 Å². The van der Waals surface area contributed by atoms with Crippen molar-refractivity contribution < 1.29 is 24.2 Å². The van der Waals surface area contributed by atoms with Crippen molar-refractivity contribution in [2.24, 2.45) is 0 Å². The van der Waals surface area contributed by atoms with Gasteiger partial charge in [-0.3, -0.25) is 9.59 Å². The molecule has 0 aromatic heterocycles. The Labute approximate surface area is 157 Å². The summed E-state index contributed by atoms with van der Waals surface area (Å²) in [5.41, 5.74) is 1.56. The number of benzene rings is 2. The van der Waals surface area contributed by atoms with E-state index in [1.807, 2.05) is 30.3 Å². The van der Waals surface area contributed by atoms with Crippen LogP contribution in [-0.4, -0.2) is 35.5 Å². The molecular weight excluding hydrogens is 348 g/mol. The molecule has 0 bridgehead atoms. The molecule has 0 fully saturated rings. The molecule has 1 atom stereocenters. The molecule has 3 N–H and O–H groups in total. The van der Waals surface area contributed by atoms with Crippen molar-refractivity contribution >= 4 is 17.8 Å². The van der Waals surface area contributed by atoms with Crippen LogP contribution in [-0.2, 0) is 27.4 Å². The third-order valence-corrected chi connectivity index (χ3v) is 3.71. The third kappa shape index (κ3) is 7.19. The quantitative estimate of drug-likeness (QED) is 0.659. The molecule has 0 heterocycles. The second kappa shape index (κ2) is 9.96. The first-order chi connectivity index (χ1) is 12.9. The van der Waals surface area contributed by atoms with E-state index < -0.39 is 18.0 Å². The van der Waals surface area contributed by atoms with Crippen molar-refractivity contribution in [3.63, 3.8) is 0 Å². The number of phenolic OH excluding ortho intramolecular Hbond substituents is 1. The second-order valence-electron chi connectivity index (χ2n) is 6.05. The number of phenols is 1. The van der Waals surface area contributed by atoms with Crippen LogP contribution in [0.5, 0.6) is 5.75 Å².